The average molecular weight is 487 g/mol. The molecule has 0 N–H and O–H groups in total. The minimum atomic E-state index is 0. The third-order valence-electron chi connectivity index (χ3n) is 4.99. The van der Waals surface area contributed by atoms with Crippen LogP contribution in [0.4, 0.5) is 11.4 Å². The van der Waals surface area contributed by atoms with Crippen LogP contribution < -0.4 is 4.90 Å². The van der Waals surface area contributed by atoms with Gasteiger partial charge in [0.2, 0.25) is 0 Å². The largest absolute Gasteiger partial charge is 0.345 e. The van der Waals surface area contributed by atoms with E-state index in [-0.39, 0.29) is 25.8 Å². The molecule has 0 aliphatic carbocycles. The molecule has 0 radical (unpaired) electrons. The van der Waals surface area contributed by atoms with Crippen LogP contribution in [0.5, 0.6) is 0 Å². The van der Waals surface area contributed by atoms with E-state index in [1.165, 1.54) is 44.4 Å². The Morgan fingerprint density at radius 1 is 0.800 bits per heavy atom. The van der Waals surface area contributed by atoms with Gasteiger partial charge in [-0.15, -0.1) is 34.5 Å². The van der Waals surface area contributed by atoms with Gasteiger partial charge in [-0.05, 0) is 22.9 Å². The fraction of sp³-hybridized carbons (Fsp3) is 0.0870. The third kappa shape index (κ3) is 2.60. The van der Waals surface area contributed by atoms with Gasteiger partial charge in [0.05, 0.1) is 0 Å². The van der Waals surface area contributed by atoms with E-state index in [0.717, 1.165) is 6.54 Å². The fourth-order valence-electron chi connectivity index (χ4n) is 3.93. The van der Waals surface area contributed by atoms with Gasteiger partial charge < -0.3 is 4.90 Å². The quantitative estimate of drug-likeness (QED) is 0.229. The van der Waals surface area contributed by atoms with Gasteiger partial charge in [0.1, 0.15) is 0 Å². The molecule has 120 valence electrons. The van der Waals surface area contributed by atoms with Gasteiger partial charge in [0.25, 0.3) is 0 Å². The number of hydrogen-bond donors (Lipinski definition) is 0. The topological polar surface area (TPSA) is 3.24 Å². The third-order valence-corrected chi connectivity index (χ3v) is 4.99. The number of fused-ring (bicyclic) bond motifs is 4. The summed E-state index contributed by atoms with van der Waals surface area (Å²) in [7, 11) is 0. The fourth-order valence-corrected chi connectivity index (χ4v) is 3.93. The number of rotatable bonds is 1. The van der Waals surface area contributed by atoms with Gasteiger partial charge in [-0.3, -0.25) is 0 Å². The predicted octanol–water partition coefficient (Wildman–Crippen LogP) is 6.18. The Bertz CT molecular complexity index is 1060. The molecule has 2 heteroatoms. The molecule has 0 amide bonds. The van der Waals surface area contributed by atoms with Crippen LogP contribution in [-0.2, 0) is 32.4 Å². The second-order valence-corrected chi connectivity index (χ2v) is 6.57. The molecule has 5 rings (SSSR count). The van der Waals surface area contributed by atoms with E-state index in [1.807, 2.05) is 0 Å². The van der Waals surface area contributed by atoms with Gasteiger partial charge in [-0.2, -0.15) is 6.07 Å². The molecule has 1 heterocycles. The number of para-hydroxylation sites is 1. The molecule has 0 saturated heterocycles. The van der Waals surface area contributed by atoms with Crippen molar-refractivity contribution in [1.29, 1.82) is 0 Å². The summed E-state index contributed by atoms with van der Waals surface area (Å²) in [5.74, 6) is 0. The van der Waals surface area contributed by atoms with E-state index in [1.54, 1.807) is 0 Å². The van der Waals surface area contributed by atoms with Gasteiger partial charge in [0, 0.05) is 43.6 Å². The van der Waals surface area contributed by atoms with Crippen LogP contribution in [0.15, 0.2) is 78.9 Å². The van der Waals surface area contributed by atoms with E-state index in [9.17, 15) is 0 Å². The molecule has 0 bridgehead atoms. The summed E-state index contributed by atoms with van der Waals surface area (Å²) in [6, 6.07) is 28.7. The molecular weight excluding hydrogens is 469 g/mol. The minimum Gasteiger partial charge on any atom is -0.345 e. The van der Waals surface area contributed by atoms with Crippen molar-refractivity contribution in [2.75, 3.05) is 4.90 Å². The van der Waals surface area contributed by atoms with E-state index < -0.39 is 0 Å². The molecule has 0 atom stereocenters. The number of nitrogens with zero attached hydrogens (tertiary/aromatic N) is 1. The van der Waals surface area contributed by atoms with Crippen molar-refractivity contribution in [1.82, 2.24) is 0 Å². The molecule has 4 aromatic rings. The maximum Gasteiger partial charge on any atom is 0.0487 e. The van der Waals surface area contributed by atoms with Crippen LogP contribution in [0.1, 0.15) is 11.1 Å². The zero-order valence-corrected chi connectivity index (χ0v) is 17.8. The van der Waals surface area contributed by atoms with E-state index in [2.05, 4.69) is 90.7 Å². The summed E-state index contributed by atoms with van der Waals surface area (Å²) in [4.78, 5) is 2.46. The summed E-state index contributed by atoms with van der Waals surface area (Å²) in [6.07, 6.45) is 0. The second kappa shape index (κ2) is 6.34. The molecule has 0 spiro atoms. The molecule has 0 aromatic heterocycles. The summed E-state index contributed by atoms with van der Waals surface area (Å²) in [6.45, 7) is 3.08. The van der Waals surface area contributed by atoms with Crippen LogP contribution in [0.2, 0.25) is 0 Å². The zero-order chi connectivity index (χ0) is 16.1. The summed E-state index contributed by atoms with van der Waals surface area (Å²) < 4.78 is 0. The molecule has 1 aliphatic heterocycles. The van der Waals surface area contributed by atoms with Crippen LogP contribution >= 0.6 is 0 Å². The second-order valence-electron chi connectivity index (χ2n) is 6.57. The van der Waals surface area contributed by atoms with Crippen molar-refractivity contribution in [2.24, 2.45) is 0 Å². The van der Waals surface area contributed by atoms with Crippen molar-refractivity contribution in [3.05, 3.63) is 90.0 Å². The van der Waals surface area contributed by atoms with Crippen molar-refractivity contribution in [3.63, 3.8) is 0 Å². The Morgan fingerprint density at radius 3 is 2.40 bits per heavy atom. The smallest absolute Gasteiger partial charge is 0.0487 e. The summed E-state index contributed by atoms with van der Waals surface area (Å²) in [5.41, 5.74) is 7.97. The normalized spacial score (nSPS) is 12.4. The first-order valence-corrected chi connectivity index (χ1v) is 8.42. The minimum absolute atomic E-state index is 0. The van der Waals surface area contributed by atoms with E-state index >= 15 is 0 Å². The van der Waals surface area contributed by atoms with E-state index in [4.69, 9.17) is 0 Å². The molecular formula is C23H18HfN-. The Morgan fingerprint density at radius 2 is 1.52 bits per heavy atom. The molecule has 0 unspecified atom stereocenters. The monoisotopic (exact) mass is 488 g/mol. The number of anilines is 2. The average Bonchev–Trinajstić information content (AvgIpc) is 3.01. The maximum absolute atomic E-state index is 2.46. The first-order chi connectivity index (χ1) is 11.8. The van der Waals surface area contributed by atoms with Crippen LogP contribution in [-0.4, -0.2) is 0 Å². The number of hydrogen-bond acceptors (Lipinski definition) is 1. The Hall–Kier alpha value is -2.06. The molecule has 0 saturated carbocycles. The van der Waals surface area contributed by atoms with Gasteiger partial charge in [-0.1, -0.05) is 55.5 Å². The molecule has 1 aliphatic rings. The number of benzene rings is 3. The Kier molecular flexibility index (Phi) is 4.16. The van der Waals surface area contributed by atoms with Crippen molar-refractivity contribution < 1.29 is 25.8 Å². The maximum atomic E-state index is 2.46. The van der Waals surface area contributed by atoms with Crippen LogP contribution in [0.25, 0.3) is 21.9 Å². The van der Waals surface area contributed by atoms with Gasteiger partial charge in [0.15, 0.2) is 0 Å². The molecule has 1 nitrogen and oxygen atoms in total. The summed E-state index contributed by atoms with van der Waals surface area (Å²) >= 11 is 0. The van der Waals surface area contributed by atoms with Crippen molar-refractivity contribution in [2.45, 2.75) is 13.5 Å². The first kappa shape index (κ1) is 16.4. The Labute approximate surface area is 167 Å². The zero-order valence-electron chi connectivity index (χ0n) is 14.2. The van der Waals surface area contributed by atoms with Crippen LogP contribution in [0, 0.1) is 6.92 Å². The van der Waals surface area contributed by atoms with Crippen molar-refractivity contribution in [3.8, 4) is 11.1 Å². The molecule has 4 aromatic carbocycles. The standard InChI is InChI=1S/C23H18N.Hf/c1-16-13-17-8-6-12-23(21(17)14-16)24-15-18-7-2-3-9-19(18)20-10-4-5-11-22(20)24;/h2-14H,15H2,1H3;/q-1;. The SMILES string of the molecule is Cc1cc2c(N3Cc4ccccc4-c4ccccc43)cccc2[cH-]1.[Hf]. The predicted molar refractivity (Wildman–Crippen MR) is 102 cm³/mol. The summed E-state index contributed by atoms with van der Waals surface area (Å²) in [5, 5.41) is 2.66. The van der Waals surface area contributed by atoms with Crippen molar-refractivity contribution >= 4 is 22.1 Å². The molecule has 25 heavy (non-hydrogen) atoms. The van der Waals surface area contributed by atoms with E-state index in [0.29, 0.717) is 0 Å². The first-order valence-electron chi connectivity index (χ1n) is 8.42. The van der Waals surface area contributed by atoms with Gasteiger partial charge >= 0.3 is 0 Å². The van der Waals surface area contributed by atoms with Gasteiger partial charge in [-0.25, -0.2) is 0 Å². The van der Waals surface area contributed by atoms with Crippen LogP contribution in [0.3, 0.4) is 0 Å². The Balaban J connectivity index is 0.00000157. The number of aryl methyl sites for hydroxylation is 1. The molecule has 0 fully saturated rings.